The van der Waals surface area contributed by atoms with Crippen molar-refractivity contribution in [3.8, 4) is 0 Å². The first-order valence-electron chi connectivity index (χ1n) is 8.55. The Morgan fingerprint density at radius 3 is 2.30 bits per heavy atom. The third-order valence-corrected chi connectivity index (χ3v) is 4.94. The number of nitrogens with zero attached hydrogens (tertiary/aromatic N) is 2. The Hall–Kier alpha value is -2.93. The molecule has 2 aromatic carbocycles. The zero-order valence-corrected chi connectivity index (χ0v) is 15.2. The molecule has 7 nitrogen and oxygen atoms in total. The summed E-state index contributed by atoms with van der Waals surface area (Å²) in [6.07, 6.45) is 1.10. The fourth-order valence-electron chi connectivity index (χ4n) is 3.05. The maximum Gasteiger partial charge on any atom is 0.269 e. The van der Waals surface area contributed by atoms with Gasteiger partial charge in [0.05, 0.1) is 15.6 Å². The number of rotatable bonds is 4. The summed E-state index contributed by atoms with van der Waals surface area (Å²) < 4.78 is 0. The van der Waals surface area contributed by atoms with Gasteiger partial charge in [-0.15, -0.1) is 0 Å². The van der Waals surface area contributed by atoms with Crippen LogP contribution in [-0.4, -0.2) is 34.7 Å². The summed E-state index contributed by atoms with van der Waals surface area (Å²) in [5.74, 6) is -0.484. The quantitative estimate of drug-likeness (QED) is 0.638. The average molecular weight is 388 g/mol. The smallest absolute Gasteiger partial charge is 0.269 e. The number of anilines is 1. The van der Waals surface area contributed by atoms with Crippen LogP contribution in [0.5, 0.6) is 0 Å². The van der Waals surface area contributed by atoms with Crippen LogP contribution >= 0.6 is 11.6 Å². The molecule has 0 atom stereocenters. The molecule has 2 amide bonds. The van der Waals surface area contributed by atoms with Crippen molar-refractivity contribution in [3.05, 3.63) is 69.2 Å². The molecule has 8 heteroatoms. The highest BCUT2D eigenvalue weighted by Gasteiger charge is 2.28. The molecular formula is C19H18ClN3O4. The van der Waals surface area contributed by atoms with E-state index < -0.39 is 4.92 Å². The first-order chi connectivity index (χ1) is 13.0. The predicted octanol–water partition coefficient (Wildman–Crippen LogP) is 3.74. The van der Waals surface area contributed by atoms with E-state index in [1.165, 1.54) is 24.3 Å². The molecule has 27 heavy (non-hydrogen) atoms. The minimum Gasteiger partial charge on any atom is -0.339 e. The SMILES string of the molecule is O=C(Nc1ccccc1Cl)C1CCN(C(=O)c2ccc([N+](=O)[O-])cc2)CC1. The van der Waals surface area contributed by atoms with Crippen LogP contribution in [0, 0.1) is 16.0 Å². The molecule has 1 saturated heterocycles. The fourth-order valence-corrected chi connectivity index (χ4v) is 3.23. The van der Waals surface area contributed by atoms with Crippen LogP contribution in [0.25, 0.3) is 0 Å². The molecule has 1 aliphatic rings. The number of amides is 2. The lowest BCUT2D eigenvalue weighted by molar-refractivity contribution is -0.384. The second kappa shape index (κ2) is 8.18. The molecule has 1 aliphatic heterocycles. The minimum atomic E-state index is -0.503. The predicted molar refractivity (Wildman–Crippen MR) is 102 cm³/mol. The van der Waals surface area contributed by atoms with Gasteiger partial charge >= 0.3 is 0 Å². The van der Waals surface area contributed by atoms with Crippen molar-refractivity contribution in [3.63, 3.8) is 0 Å². The molecule has 0 saturated carbocycles. The fraction of sp³-hybridized carbons (Fsp3) is 0.263. The summed E-state index contributed by atoms with van der Waals surface area (Å²) >= 11 is 6.06. The van der Waals surface area contributed by atoms with Crippen LogP contribution in [-0.2, 0) is 4.79 Å². The van der Waals surface area contributed by atoms with Crippen LogP contribution in [0.1, 0.15) is 23.2 Å². The summed E-state index contributed by atoms with van der Waals surface area (Å²) in [5, 5.41) is 14.0. The van der Waals surface area contributed by atoms with Crippen molar-refractivity contribution in [2.75, 3.05) is 18.4 Å². The number of hydrogen-bond acceptors (Lipinski definition) is 4. The van der Waals surface area contributed by atoms with Crippen molar-refractivity contribution in [1.29, 1.82) is 0 Å². The second-order valence-electron chi connectivity index (χ2n) is 6.34. The summed E-state index contributed by atoms with van der Waals surface area (Å²) in [4.78, 5) is 36.8. The number of nitro groups is 1. The number of nitro benzene ring substituents is 1. The van der Waals surface area contributed by atoms with E-state index >= 15 is 0 Å². The highest BCUT2D eigenvalue weighted by molar-refractivity contribution is 6.33. The molecule has 0 radical (unpaired) electrons. The van der Waals surface area contributed by atoms with Crippen LogP contribution in [0.4, 0.5) is 11.4 Å². The number of carbonyl (C=O) groups excluding carboxylic acids is 2. The molecule has 0 unspecified atom stereocenters. The number of likely N-dealkylation sites (tertiary alicyclic amines) is 1. The lowest BCUT2D eigenvalue weighted by Gasteiger charge is -2.31. The number of halogens is 1. The second-order valence-corrected chi connectivity index (χ2v) is 6.75. The van der Waals surface area contributed by atoms with Crippen LogP contribution < -0.4 is 5.32 Å². The van der Waals surface area contributed by atoms with Crippen LogP contribution in [0.3, 0.4) is 0 Å². The van der Waals surface area contributed by atoms with E-state index in [2.05, 4.69) is 5.32 Å². The number of para-hydroxylation sites is 1. The van der Waals surface area contributed by atoms with E-state index in [9.17, 15) is 19.7 Å². The monoisotopic (exact) mass is 387 g/mol. The van der Waals surface area contributed by atoms with Gasteiger partial charge in [-0.1, -0.05) is 23.7 Å². The van der Waals surface area contributed by atoms with Gasteiger partial charge in [0.25, 0.3) is 11.6 Å². The number of carbonyl (C=O) groups is 2. The van der Waals surface area contributed by atoms with Crippen LogP contribution in [0.2, 0.25) is 5.02 Å². The lowest BCUT2D eigenvalue weighted by atomic mass is 9.95. The molecule has 3 rings (SSSR count). The van der Waals surface area contributed by atoms with Gasteiger partial charge in [0.15, 0.2) is 0 Å². The van der Waals surface area contributed by atoms with Crippen molar-refractivity contribution < 1.29 is 14.5 Å². The largest absolute Gasteiger partial charge is 0.339 e. The molecule has 1 heterocycles. The Kier molecular flexibility index (Phi) is 5.71. The first kappa shape index (κ1) is 18.8. The summed E-state index contributed by atoms with van der Waals surface area (Å²) in [6.45, 7) is 0.910. The van der Waals surface area contributed by atoms with Crippen molar-refractivity contribution in [2.45, 2.75) is 12.8 Å². The van der Waals surface area contributed by atoms with E-state index in [4.69, 9.17) is 11.6 Å². The standard InChI is InChI=1S/C19H18ClN3O4/c20-16-3-1-2-4-17(16)21-18(24)13-9-11-22(12-10-13)19(25)14-5-7-15(8-6-14)23(26)27/h1-8,13H,9-12H2,(H,21,24). The van der Waals surface area contributed by atoms with Gasteiger partial charge in [0.2, 0.25) is 5.91 Å². The van der Waals surface area contributed by atoms with Crippen molar-refractivity contribution in [2.24, 2.45) is 5.92 Å². The maximum atomic E-state index is 12.5. The third-order valence-electron chi connectivity index (χ3n) is 4.61. The molecule has 140 valence electrons. The maximum absolute atomic E-state index is 12.5. The van der Waals surface area contributed by atoms with Crippen molar-refractivity contribution in [1.82, 2.24) is 4.90 Å². The third kappa shape index (κ3) is 4.43. The lowest BCUT2D eigenvalue weighted by Crippen LogP contribution is -2.41. The summed E-state index contributed by atoms with van der Waals surface area (Å²) in [6, 6.07) is 12.6. The summed E-state index contributed by atoms with van der Waals surface area (Å²) in [5.41, 5.74) is 0.926. The molecule has 0 spiro atoms. The number of piperidine rings is 1. The van der Waals surface area contributed by atoms with Gasteiger partial charge in [-0.25, -0.2) is 0 Å². The molecule has 0 aliphatic carbocycles. The molecule has 1 fully saturated rings. The van der Waals surface area contributed by atoms with Crippen molar-refractivity contribution >= 4 is 34.8 Å². The number of hydrogen-bond donors (Lipinski definition) is 1. The summed E-state index contributed by atoms with van der Waals surface area (Å²) in [7, 11) is 0. The Morgan fingerprint density at radius 1 is 1.07 bits per heavy atom. The Balaban J connectivity index is 1.56. The van der Waals surface area contributed by atoms with E-state index in [1.807, 2.05) is 0 Å². The highest BCUT2D eigenvalue weighted by Crippen LogP contribution is 2.25. The molecular weight excluding hydrogens is 370 g/mol. The molecule has 1 N–H and O–H groups in total. The number of benzene rings is 2. The molecule has 0 aromatic heterocycles. The normalized spacial score (nSPS) is 14.6. The minimum absolute atomic E-state index is 0.0542. The van der Waals surface area contributed by atoms with Gasteiger partial charge in [-0.05, 0) is 37.1 Å². The van der Waals surface area contributed by atoms with Crippen LogP contribution in [0.15, 0.2) is 48.5 Å². The van der Waals surface area contributed by atoms with E-state index in [-0.39, 0.29) is 23.4 Å². The van der Waals surface area contributed by atoms with Gasteiger partial charge < -0.3 is 10.2 Å². The van der Waals surface area contributed by atoms with E-state index in [0.29, 0.717) is 42.2 Å². The Labute approximate surface area is 161 Å². The topological polar surface area (TPSA) is 92.6 Å². The van der Waals surface area contributed by atoms with E-state index in [1.54, 1.807) is 29.2 Å². The zero-order valence-electron chi connectivity index (χ0n) is 14.4. The zero-order chi connectivity index (χ0) is 19.4. The van der Waals surface area contributed by atoms with Gasteiger partial charge in [0, 0.05) is 36.7 Å². The van der Waals surface area contributed by atoms with Gasteiger partial charge in [-0.3, -0.25) is 19.7 Å². The Bertz CT molecular complexity index is 862. The van der Waals surface area contributed by atoms with E-state index in [0.717, 1.165) is 0 Å². The first-order valence-corrected chi connectivity index (χ1v) is 8.92. The average Bonchev–Trinajstić information content (AvgIpc) is 2.69. The highest BCUT2D eigenvalue weighted by atomic mass is 35.5. The van der Waals surface area contributed by atoms with Gasteiger partial charge in [0.1, 0.15) is 0 Å². The molecule has 2 aromatic rings. The number of non-ortho nitro benzene ring substituents is 1. The Morgan fingerprint density at radius 2 is 1.70 bits per heavy atom. The molecule has 0 bridgehead atoms. The number of nitrogens with one attached hydrogen (secondary N) is 1. The van der Waals surface area contributed by atoms with Gasteiger partial charge in [-0.2, -0.15) is 0 Å².